The zero-order valence-electron chi connectivity index (χ0n) is 13.5. The molecule has 1 atom stereocenters. The van der Waals surface area contributed by atoms with Crippen LogP contribution in [0.3, 0.4) is 0 Å². The second kappa shape index (κ2) is 6.31. The van der Waals surface area contributed by atoms with E-state index in [2.05, 4.69) is 44.2 Å². The summed E-state index contributed by atoms with van der Waals surface area (Å²) in [5.41, 5.74) is 6.24. The first-order chi connectivity index (χ1) is 10.5. The first kappa shape index (κ1) is 15.4. The molecule has 0 amide bonds. The van der Waals surface area contributed by atoms with Crippen LogP contribution in [0.5, 0.6) is 5.75 Å². The van der Waals surface area contributed by atoms with Gasteiger partial charge in [0.2, 0.25) is 6.73 Å². The minimum absolute atomic E-state index is 0.735. The van der Waals surface area contributed by atoms with Crippen LogP contribution in [0, 0.1) is 20.8 Å². The van der Waals surface area contributed by atoms with Crippen molar-refractivity contribution in [1.82, 2.24) is 0 Å². The summed E-state index contributed by atoms with van der Waals surface area (Å²) in [6.45, 7) is 9.06. The number of quaternary nitrogens is 1. The van der Waals surface area contributed by atoms with Crippen LogP contribution in [-0.4, -0.2) is 13.3 Å². The molecule has 1 aliphatic rings. The average molecular weight is 317 g/mol. The van der Waals surface area contributed by atoms with Crippen LogP contribution >= 0.6 is 11.6 Å². The minimum Gasteiger partial charge on any atom is -0.445 e. The van der Waals surface area contributed by atoms with Gasteiger partial charge in [0.15, 0.2) is 0 Å². The van der Waals surface area contributed by atoms with Gasteiger partial charge in [-0.2, -0.15) is 0 Å². The lowest BCUT2D eigenvalue weighted by Gasteiger charge is -2.28. The number of hydrogen-bond donors (Lipinski definition) is 1. The Morgan fingerprint density at radius 1 is 1.14 bits per heavy atom. The molecule has 3 heteroatoms. The largest absolute Gasteiger partial charge is 0.445 e. The summed E-state index contributed by atoms with van der Waals surface area (Å²) in [6, 6.07) is 10.9. The van der Waals surface area contributed by atoms with E-state index in [0.717, 1.165) is 42.6 Å². The molecule has 1 heterocycles. The third kappa shape index (κ3) is 3.13. The molecule has 0 spiro atoms. The van der Waals surface area contributed by atoms with Crippen molar-refractivity contribution in [2.75, 3.05) is 13.3 Å². The van der Waals surface area contributed by atoms with Gasteiger partial charge in [-0.05, 0) is 43.5 Å². The van der Waals surface area contributed by atoms with Crippen molar-refractivity contribution in [3.8, 4) is 5.75 Å². The van der Waals surface area contributed by atoms with Crippen LogP contribution in [0.4, 0.5) is 0 Å². The number of aryl methyl sites for hydroxylation is 2. The zero-order valence-corrected chi connectivity index (χ0v) is 14.3. The van der Waals surface area contributed by atoms with Gasteiger partial charge in [-0.3, -0.25) is 4.90 Å². The molecule has 116 valence electrons. The lowest BCUT2D eigenvalue weighted by Crippen LogP contribution is -3.12. The second-order valence-electron chi connectivity index (χ2n) is 6.31. The highest BCUT2D eigenvalue weighted by molar-refractivity contribution is 6.32. The van der Waals surface area contributed by atoms with E-state index >= 15 is 0 Å². The fourth-order valence-electron chi connectivity index (χ4n) is 3.03. The molecular formula is C19H23ClNO+. The van der Waals surface area contributed by atoms with Gasteiger partial charge in [-0.1, -0.05) is 41.4 Å². The van der Waals surface area contributed by atoms with E-state index in [1.54, 1.807) is 0 Å². The van der Waals surface area contributed by atoms with Gasteiger partial charge in [-0.15, -0.1) is 0 Å². The highest BCUT2D eigenvalue weighted by Gasteiger charge is 2.24. The molecule has 1 N–H and O–H groups in total. The summed E-state index contributed by atoms with van der Waals surface area (Å²) < 4.78 is 5.96. The maximum Gasteiger partial charge on any atom is 0.222 e. The lowest BCUT2D eigenvalue weighted by molar-refractivity contribution is -0.932. The van der Waals surface area contributed by atoms with Gasteiger partial charge in [0.1, 0.15) is 12.3 Å². The standard InChI is InChI=1S/C19H22ClNO/c1-13-4-6-16(7-5-13)8-9-21-11-17-15(3)19(20)14(2)10-18(17)22-12-21/h4-7,10H,8-9,11-12H2,1-3H3/p+1. The molecule has 0 radical (unpaired) electrons. The van der Waals surface area contributed by atoms with E-state index in [0.29, 0.717) is 0 Å². The Morgan fingerprint density at radius 2 is 1.86 bits per heavy atom. The van der Waals surface area contributed by atoms with Gasteiger partial charge in [-0.25, -0.2) is 0 Å². The summed E-state index contributed by atoms with van der Waals surface area (Å²) in [5.74, 6) is 1.01. The number of fused-ring (bicyclic) bond motifs is 1. The first-order valence-corrected chi connectivity index (χ1v) is 8.23. The third-order valence-electron chi connectivity index (χ3n) is 4.52. The number of ether oxygens (including phenoxy) is 1. The molecule has 3 rings (SSSR count). The maximum atomic E-state index is 6.39. The van der Waals surface area contributed by atoms with Crippen molar-refractivity contribution in [3.05, 3.63) is 63.2 Å². The molecule has 0 bridgehead atoms. The molecule has 1 aliphatic heterocycles. The number of benzene rings is 2. The van der Waals surface area contributed by atoms with E-state index in [1.165, 1.54) is 27.2 Å². The van der Waals surface area contributed by atoms with E-state index in [4.69, 9.17) is 16.3 Å². The van der Waals surface area contributed by atoms with Crippen molar-refractivity contribution in [2.45, 2.75) is 33.7 Å². The topological polar surface area (TPSA) is 13.7 Å². The van der Waals surface area contributed by atoms with Crippen LogP contribution in [0.15, 0.2) is 30.3 Å². The normalized spacial score (nSPS) is 17.0. The van der Waals surface area contributed by atoms with Crippen molar-refractivity contribution in [2.24, 2.45) is 0 Å². The highest BCUT2D eigenvalue weighted by atomic mass is 35.5. The predicted molar refractivity (Wildman–Crippen MR) is 90.8 cm³/mol. The Morgan fingerprint density at radius 3 is 2.59 bits per heavy atom. The van der Waals surface area contributed by atoms with E-state index in [1.807, 2.05) is 6.92 Å². The summed E-state index contributed by atoms with van der Waals surface area (Å²) in [7, 11) is 0. The van der Waals surface area contributed by atoms with E-state index in [9.17, 15) is 0 Å². The third-order valence-corrected chi connectivity index (χ3v) is 5.10. The number of nitrogens with one attached hydrogen (secondary N) is 1. The van der Waals surface area contributed by atoms with Gasteiger partial charge < -0.3 is 4.74 Å². The molecule has 0 saturated carbocycles. The number of hydrogen-bond acceptors (Lipinski definition) is 1. The van der Waals surface area contributed by atoms with Crippen molar-refractivity contribution in [3.63, 3.8) is 0 Å². The number of rotatable bonds is 3. The van der Waals surface area contributed by atoms with Crippen LogP contribution in [0.1, 0.15) is 27.8 Å². The molecule has 22 heavy (non-hydrogen) atoms. The molecule has 0 aliphatic carbocycles. The van der Waals surface area contributed by atoms with Gasteiger partial charge >= 0.3 is 0 Å². The number of halogens is 1. The fraction of sp³-hybridized carbons (Fsp3) is 0.368. The summed E-state index contributed by atoms with van der Waals surface area (Å²) >= 11 is 6.39. The predicted octanol–water partition coefficient (Wildman–Crippen LogP) is 3.24. The minimum atomic E-state index is 0.735. The van der Waals surface area contributed by atoms with Crippen molar-refractivity contribution < 1.29 is 9.64 Å². The van der Waals surface area contributed by atoms with E-state index in [-0.39, 0.29) is 0 Å². The van der Waals surface area contributed by atoms with E-state index < -0.39 is 0 Å². The van der Waals surface area contributed by atoms with Crippen molar-refractivity contribution in [1.29, 1.82) is 0 Å². The summed E-state index contributed by atoms with van der Waals surface area (Å²) in [4.78, 5) is 1.45. The SMILES string of the molecule is Cc1ccc(CC[NH+]2COc3cc(C)c(Cl)c(C)c3C2)cc1. The maximum absolute atomic E-state index is 6.39. The molecule has 0 aromatic heterocycles. The van der Waals surface area contributed by atoms with Crippen LogP contribution in [0.2, 0.25) is 5.02 Å². The quantitative estimate of drug-likeness (QED) is 0.918. The van der Waals surface area contributed by atoms with Crippen molar-refractivity contribution >= 4 is 11.6 Å². The Bertz CT molecular complexity index is 679. The Kier molecular flexibility index (Phi) is 4.42. The first-order valence-electron chi connectivity index (χ1n) is 7.85. The Hall–Kier alpha value is -1.51. The fourth-order valence-corrected chi connectivity index (χ4v) is 3.19. The molecule has 2 aromatic rings. The molecule has 2 aromatic carbocycles. The zero-order chi connectivity index (χ0) is 15.7. The Balaban J connectivity index is 1.69. The van der Waals surface area contributed by atoms with Crippen LogP contribution < -0.4 is 9.64 Å². The average Bonchev–Trinajstić information content (AvgIpc) is 2.52. The van der Waals surface area contributed by atoms with Gasteiger partial charge in [0, 0.05) is 11.4 Å². The van der Waals surface area contributed by atoms with Gasteiger partial charge in [0.25, 0.3) is 0 Å². The molecular weight excluding hydrogens is 294 g/mol. The highest BCUT2D eigenvalue weighted by Crippen LogP contribution is 2.32. The molecule has 0 fully saturated rings. The second-order valence-corrected chi connectivity index (χ2v) is 6.69. The summed E-state index contributed by atoms with van der Waals surface area (Å²) in [5, 5.41) is 0.877. The van der Waals surface area contributed by atoms with Crippen LogP contribution in [0.25, 0.3) is 0 Å². The molecule has 2 nitrogen and oxygen atoms in total. The smallest absolute Gasteiger partial charge is 0.222 e. The summed E-state index contributed by atoms with van der Waals surface area (Å²) in [6.07, 6.45) is 1.08. The monoisotopic (exact) mass is 316 g/mol. The van der Waals surface area contributed by atoms with Crippen LogP contribution in [-0.2, 0) is 13.0 Å². The lowest BCUT2D eigenvalue weighted by atomic mass is 10.0. The molecule has 1 unspecified atom stereocenters. The molecule has 0 saturated heterocycles. The van der Waals surface area contributed by atoms with Gasteiger partial charge in [0.05, 0.1) is 12.1 Å². The Labute approximate surface area is 137 Å².